The molecule has 1 aliphatic heterocycles. The Bertz CT molecular complexity index is 924. The van der Waals surface area contributed by atoms with Gasteiger partial charge < -0.3 is 15.4 Å². The maximum absolute atomic E-state index is 14.0. The fourth-order valence-corrected chi connectivity index (χ4v) is 2.89. The smallest absolute Gasteiger partial charge is 0.406 e. The van der Waals surface area contributed by atoms with E-state index >= 15 is 0 Å². The van der Waals surface area contributed by atoms with Crippen molar-refractivity contribution in [2.45, 2.75) is 19.2 Å². The zero-order valence-electron chi connectivity index (χ0n) is 14.5. The number of hydrogen-bond donors (Lipinski definition) is 1. The lowest BCUT2D eigenvalue weighted by Gasteiger charge is -2.29. The van der Waals surface area contributed by atoms with Gasteiger partial charge in [-0.25, -0.2) is 8.78 Å². The topological polar surface area (TPSA) is 51.4 Å². The van der Waals surface area contributed by atoms with Crippen molar-refractivity contribution in [3.8, 4) is 5.75 Å². The molecule has 0 fully saturated rings. The lowest BCUT2D eigenvalue weighted by Crippen LogP contribution is -2.25. The molecule has 0 radical (unpaired) electrons. The van der Waals surface area contributed by atoms with Gasteiger partial charge in [0.25, 0.3) is 0 Å². The maximum atomic E-state index is 14.0. The van der Waals surface area contributed by atoms with Gasteiger partial charge in [0.05, 0.1) is 23.8 Å². The molecule has 1 aliphatic rings. The van der Waals surface area contributed by atoms with E-state index in [1.165, 1.54) is 18.3 Å². The fraction of sp³-hybridized carbons (Fsp3) is 0.211. The van der Waals surface area contributed by atoms with Crippen molar-refractivity contribution in [1.29, 1.82) is 0 Å². The highest BCUT2D eigenvalue weighted by molar-refractivity contribution is 5.81. The molecule has 0 atom stereocenters. The average molecular weight is 397 g/mol. The van der Waals surface area contributed by atoms with E-state index < -0.39 is 23.7 Å². The van der Waals surface area contributed by atoms with Gasteiger partial charge in [0.2, 0.25) is 0 Å². The number of aromatic nitrogens is 1. The summed E-state index contributed by atoms with van der Waals surface area (Å²) in [7, 11) is 0. The third-order valence-electron chi connectivity index (χ3n) is 3.96. The highest BCUT2D eigenvalue weighted by atomic mass is 19.4. The Hall–Kier alpha value is -3.10. The van der Waals surface area contributed by atoms with Crippen molar-refractivity contribution in [2.24, 2.45) is 5.73 Å². The number of nitrogens with zero attached hydrogens (tertiary/aromatic N) is 2. The van der Waals surface area contributed by atoms with Crippen LogP contribution in [0.25, 0.3) is 5.70 Å². The minimum atomic E-state index is -4.97. The summed E-state index contributed by atoms with van der Waals surface area (Å²) in [5, 5.41) is 0. The molecule has 0 unspecified atom stereocenters. The quantitative estimate of drug-likeness (QED) is 0.760. The molecule has 0 saturated carbocycles. The predicted octanol–water partition coefficient (Wildman–Crippen LogP) is 4.74. The zero-order chi connectivity index (χ0) is 20.3. The second-order valence-corrected chi connectivity index (χ2v) is 6.11. The van der Waals surface area contributed by atoms with Crippen LogP contribution in [-0.4, -0.2) is 17.9 Å². The number of halogens is 5. The monoisotopic (exact) mass is 397 g/mol. The first kappa shape index (κ1) is 19.7. The molecule has 0 aliphatic carbocycles. The minimum absolute atomic E-state index is 0.0989. The maximum Gasteiger partial charge on any atom is 0.573 e. The molecule has 0 saturated heterocycles. The summed E-state index contributed by atoms with van der Waals surface area (Å²) in [6.07, 6.45) is 2.01. The minimum Gasteiger partial charge on any atom is -0.406 e. The number of nitrogens with two attached hydrogens (primary N) is 1. The summed E-state index contributed by atoms with van der Waals surface area (Å²) in [5.41, 5.74) is 7.06. The molecular weight excluding hydrogens is 381 g/mol. The Kier molecular flexibility index (Phi) is 5.53. The number of hydrogen-bond acceptors (Lipinski definition) is 4. The number of allylic oxidation sites excluding steroid dienone is 2. The molecule has 2 aromatic rings. The van der Waals surface area contributed by atoms with Gasteiger partial charge in [-0.3, -0.25) is 4.98 Å². The van der Waals surface area contributed by atoms with Gasteiger partial charge >= 0.3 is 6.36 Å². The molecule has 2 heterocycles. The molecule has 9 heteroatoms. The van der Waals surface area contributed by atoms with Crippen LogP contribution in [0.1, 0.15) is 18.4 Å². The lowest BCUT2D eigenvalue weighted by atomic mass is 10.1. The van der Waals surface area contributed by atoms with Crippen LogP contribution in [-0.2, 0) is 0 Å². The number of pyridine rings is 1. The Labute approximate surface area is 157 Å². The molecule has 28 heavy (non-hydrogen) atoms. The van der Waals surface area contributed by atoms with E-state index in [4.69, 9.17) is 5.73 Å². The van der Waals surface area contributed by atoms with Crippen molar-refractivity contribution >= 4 is 11.4 Å². The molecule has 0 spiro atoms. The second kappa shape index (κ2) is 7.87. The Morgan fingerprint density at radius 3 is 2.54 bits per heavy atom. The SMILES string of the molecule is NC1=CCCCN(c2cncc(F)c2)C(c2cc(F)cc(OC(F)(F)F)c2)=C1. The number of alkyl halides is 3. The molecule has 3 rings (SSSR count). The Morgan fingerprint density at radius 2 is 1.82 bits per heavy atom. The summed E-state index contributed by atoms with van der Waals surface area (Å²) >= 11 is 0. The summed E-state index contributed by atoms with van der Waals surface area (Å²) in [4.78, 5) is 5.43. The Morgan fingerprint density at radius 1 is 1.04 bits per heavy atom. The van der Waals surface area contributed by atoms with E-state index in [-0.39, 0.29) is 5.56 Å². The predicted molar refractivity (Wildman–Crippen MR) is 94.1 cm³/mol. The number of benzene rings is 1. The van der Waals surface area contributed by atoms with E-state index in [1.54, 1.807) is 11.0 Å². The van der Waals surface area contributed by atoms with E-state index in [1.807, 2.05) is 0 Å². The molecule has 1 aromatic carbocycles. The molecule has 0 amide bonds. The average Bonchev–Trinajstić information content (AvgIpc) is 2.56. The van der Waals surface area contributed by atoms with Gasteiger partial charge in [0.15, 0.2) is 0 Å². The third kappa shape index (κ3) is 4.99. The summed E-state index contributed by atoms with van der Waals surface area (Å²) in [5.74, 6) is -2.20. The van der Waals surface area contributed by atoms with Gasteiger partial charge in [0, 0.05) is 29.9 Å². The van der Waals surface area contributed by atoms with Crippen LogP contribution in [0, 0.1) is 11.6 Å². The third-order valence-corrected chi connectivity index (χ3v) is 3.96. The van der Waals surface area contributed by atoms with Crippen molar-refractivity contribution in [3.63, 3.8) is 0 Å². The van der Waals surface area contributed by atoms with Crippen LogP contribution >= 0.6 is 0 Å². The van der Waals surface area contributed by atoms with Crippen LogP contribution in [0.2, 0.25) is 0 Å². The van der Waals surface area contributed by atoms with E-state index in [0.717, 1.165) is 18.3 Å². The highest BCUT2D eigenvalue weighted by Crippen LogP contribution is 2.33. The van der Waals surface area contributed by atoms with Crippen molar-refractivity contribution in [2.75, 3.05) is 11.4 Å². The zero-order valence-corrected chi connectivity index (χ0v) is 14.5. The number of ether oxygens (including phenoxy) is 1. The van der Waals surface area contributed by atoms with Crippen LogP contribution in [0.3, 0.4) is 0 Å². The van der Waals surface area contributed by atoms with Gasteiger partial charge in [-0.05, 0) is 31.1 Å². The molecular formula is C19H16F5N3O. The summed E-state index contributed by atoms with van der Waals surface area (Å²) in [6.45, 7) is 0.396. The molecule has 2 N–H and O–H groups in total. The Balaban J connectivity index is 2.12. The normalized spacial score (nSPS) is 15.4. The van der Waals surface area contributed by atoms with E-state index in [0.29, 0.717) is 42.5 Å². The van der Waals surface area contributed by atoms with Gasteiger partial charge in [0.1, 0.15) is 17.4 Å². The van der Waals surface area contributed by atoms with Crippen LogP contribution in [0.5, 0.6) is 5.75 Å². The summed E-state index contributed by atoms with van der Waals surface area (Å²) in [6, 6.07) is 3.98. The van der Waals surface area contributed by atoms with Gasteiger partial charge in [-0.1, -0.05) is 6.08 Å². The largest absolute Gasteiger partial charge is 0.573 e. The standard InChI is InChI=1S/C19H16F5N3O/c20-13-5-12(6-17(8-13)28-19(22,23)24)18-9-15(25)3-1-2-4-27(18)16-7-14(21)10-26-11-16/h3,5-11H,1-2,4,25H2. The lowest BCUT2D eigenvalue weighted by molar-refractivity contribution is -0.274. The second-order valence-electron chi connectivity index (χ2n) is 6.11. The molecule has 1 aromatic heterocycles. The number of anilines is 1. The van der Waals surface area contributed by atoms with E-state index in [9.17, 15) is 22.0 Å². The first-order chi connectivity index (χ1) is 13.2. The number of rotatable bonds is 3. The van der Waals surface area contributed by atoms with Crippen LogP contribution < -0.4 is 15.4 Å². The first-order valence-electron chi connectivity index (χ1n) is 8.33. The van der Waals surface area contributed by atoms with Gasteiger partial charge in [-0.2, -0.15) is 0 Å². The molecule has 148 valence electrons. The van der Waals surface area contributed by atoms with Gasteiger partial charge in [-0.15, -0.1) is 13.2 Å². The van der Waals surface area contributed by atoms with Crippen LogP contribution in [0.15, 0.2) is 54.5 Å². The van der Waals surface area contributed by atoms with Crippen molar-refractivity contribution in [1.82, 2.24) is 4.98 Å². The highest BCUT2D eigenvalue weighted by Gasteiger charge is 2.31. The van der Waals surface area contributed by atoms with Crippen molar-refractivity contribution in [3.05, 3.63) is 71.7 Å². The van der Waals surface area contributed by atoms with Crippen LogP contribution in [0.4, 0.5) is 27.6 Å². The van der Waals surface area contributed by atoms with Crippen molar-refractivity contribution < 1.29 is 26.7 Å². The summed E-state index contributed by atoms with van der Waals surface area (Å²) < 4.78 is 69.2. The fourth-order valence-electron chi connectivity index (χ4n) is 2.89. The molecule has 4 nitrogen and oxygen atoms in total. The molecule has 0 bridgehead atoms. The first-order valence-corrected chi connectivity index (χ1v) is 8.33. The van der Waals surface area contributed by atoms with E-state index in [2.05, 4.69) is 9.72 Å².